The molecular formula is C17H21N3O3. The highest BCUT2D eigenvalue weighted by molar-refractivity contribution is 5.79. The monoisotopic (exact) mass is 315 g/mol. The highest BCUT2D eigenvalue weighted by atomic mass is 16.5. The minimum atomic E-state index is 0.583. The largest absolute Gasteiger partial charge is 0.490 e. The van der Waals surface area contributed by atoms with Crippen molar-refractivity contribution < 1.29 is 13.9 Å². The van der Waals surface area contributed by atoms with Crippen molar-refractivity contribution in [3.63, 3.8) is 0 Å². The van der Waals surface area contributed by atoms with Gasteiger partial charge in [0, 0.05) is 25.6 Å². The fraction of sp³-hybridized carbons (Fsp3) is 0.353. The van der Waals surface area contributed by atoms with E-state index in [1.54, 1.807) is 13.3 Å². The van der Waals surface area contributed by atoms with Crippen molar-refractivity contribution in [2.45, 2.75) is 19.5 Å². The Balaban J connectivity index is 1.60. The number of ether oxygens (including phenoxy) is 2. The van der Waals surface area contributed by atoms with Gasteiger partial charge in [-0.2, -0.15) is 0 Å². The number of para-hydroxylation sites is 1. The summed E-state index contributed by atoms with van der Waals surface area (Å²) in [6, 6.07) is 9.73. The fourth-order valence-corrected chi connectivity index (χ4v) is 2.38. The van der Waals surface area contributed by atoms with E-state index in [1.165, 1.54) is 0 Å². The van der Waals surface area contributed by atoms with Crippen LogP contribution in [0.15, 0.2) is 46.0 Å². The maximum atomic E-state index is 5.82. The minimum absolute atomic E-state index is 0.583. The van der Waals surface area contributed by atoms with Gasteiger partial charge >= 0.3 is 0 Å². The number of nitrogens with zero attached hydrogens (tertiary/aromatic N) is 1. The Kier molecular flexibility index (Phi) is 5.03. The molecule has 2 N–H and O–H groups in total. The Hall–Kier alpha value is -2.63. The number of guanidine groups is 1. The normalized spacial score (nSPS) is 14.2. The molecule has 2 heterocycles. The smallest absolute Gasteiger partial charge is 0.191 e. The standard InChI is InChI=1S/C17H21N3O3/c1-18-17(20-12-14-6-3-8-21-14)19-11-13-5-2-7-15-16(13)23-10-4-9-22-15/h2-3,5-8H,4,9-12H2,1H3,(H2,18,19,20). The number of rotatable bonds is 4. The van der Waals surface area contributed by atoms with Crippen LogP contribution in [0.4, 0.5) is 0 Å². The zero-order chi connectivity index (χ0) is 15.9. The number of fused-ring (bicyclic) bond motifs is 1. The molecule has 1 aliphatic heterocycles. The number of benzene rings is 1. The first-order valence-electron chi connectivity index (χ1n) is 7.71. The average Bonchev–Trinajstić information content (AvgIpc) is 2.98. The average molecular weight is 315 g/mol. The van der Waals surface area contributed by atoms with Gasteiger partial charge in [-0.05, 0) is 18.2 Å². The van der Waals surface area contributed by atoms with Gasteiger partial charge in [-0.3, -0.25) is 4.99 Å². The van der Waals surface area contributed by atoms with Gasteiger partial charge in [0.25, 0.3) is 0 Å². The van der Waals surface area contributed by atoms with E-state index in [2.05, 4.69) is 15.6 Å². The Bertz CT molecular complexity index is 653. The molecule has 2 aromatic rings. The summed E-state index contributed by atoms with van der Waals surface area (Å²) in [5.41, 5.74) is 1.05. The molecule has 122 valence electrons. The summed E-state index contributed by atoms with van der Waals surface area (Å²) < 4.78 is 16.8. The van der Waals surface area contributed by atoms with Gasteiger partial charge in [0.15, 0.2) is 17.5 Å². The van der Waals surface area contributed by atoms with E-state index >= 15 is 0 Å². The summed E-state index contributed by atoms with van der Waals surface area (Å²) in [6.07, 6.45) is 2.55. The predicted molar refractivity (Wildman–Crippen MR) is 87.8 cm³/mol. The topological polar surface area (TPSA) is 68.0 Å². The van der Waals surface area contributed by atoms with Crippen LogP contribution in [-0.4, -0.2) is 26.2 Å². The second kappa shape index (κ2) is 7.58. The molecule has 0 spiro atoms. The number of nitrogens with one attached hydrogen (secondary N) is 2. The van der Waals surface area contributed by atoms with Gasteiger partial charge in [0.2, 0.25) is 0 Å². The van der Waals surface area contributed by atoms with Crippen LogP contribution in [-0.2, 0) is 13.1 Å². The predicted octanol–water partition coefficient (Wildman–Crippen LogP) is 2.31. The lowest BCUT2D eigenvalue weighted by molar-refractivity contribution is 0.296. The van der Waals surface area contributed by atoms with Crippen molar-refractivity contribution in [1.82, 2.24) is 10.6 Å². The summed E-state index contributed by atoms with van der Waals surface area (Å²) in [4.78, 5) is 4.21. The van der Waals surface area contributed by atoms with Gasteiger partial charge in [-0.1, -0.05) is 12.1 Å². The summed E-state index contributed by atoms with van der Waals surface area (Å²) in [7, 11) is 1.74. The van der Waals surface area contributed by atoms with Crippen LogP contribution < -0.4 is 20.1 Å². The Morgan fingerprint density at radius 3 is 2.78 bits per heavy atom. The highest BCUT2D eigenvalue weighted by Crippen LogP contribution is 2.33. The van der Waals surface area contributed by atoms with E-state index in [-0.39, 0.29) is 0 Å². The van der Waals surface area contributed by atoms with Crippen molar-refractivity contribution in [3.8, 4) is 11.5 Å². The first-order chi connectivity index (χ1) is 11.4. The lowest BCUT2D eigenvalue weighted by atomic mass is 10.2. The maximum Gasteiger partial charge on any atom is 0.191 e. The Morgan fingerprint density at radius 1 is 1.09 bits per heavy atom. The molecule has 0 unspecified atom stereocenters. The molecule has 6 nitrogen and oxygen atoms in total. The first kappa shape index (κ1) is 15.3. The van der Waals surface area contributed by atoms with Crippen LogP contribution >= 0.6 is 0 Å². The second-order valence-electron chi connectivity index (χ2n) is 5.15. The fourth-order valence-electron chi connectivity index (χ4n) is 2.38. The first-order valence-corrected chi connectivity index (χ1v) is 7.71. The highest BCUT2D eigenvalue weighted by Gasteiger charge is 2.14. The van der Waals surface area contributed by atoms with E-state index < -0.39 is 0 Å². The summed E-state index contributed by atoms with van der Waals surface area (Å²) in [6.45, 7) is 2.55. The summed E-state index contributed by atoms with van der Waals surface area (Å²) in [5.74, 6) is 3.19. The zero-order valence-electron chi connectivity index (χ0n) is 13.2. The number of hydrogen-bond donors (Lipinski definition) is 2. The molecule has 23 heavy (non-hydrogen) atoms. The molecule has 3 rings (SSSR count). The van der Waals surface area contributed by atoms with Gasteiger partial charge in [-0.25, -0.2) is 0 Å². The van der Waals surface area contributed by atoms with Crippen molar-refractivity contribution >= 4 is 5.96 Å². The third kappa shape index (κ3) is 3.97. The molecule has 1 aromatic carbocycles. The van der Waals surface area contributed by atoms with Crippen molar-refractivity contribution in [1.29, 1.82) is 0 Å². The van der Waals surface area contributed by atoms with Crippen molar-refractivity contribution in [3.05, 3.63) is 47.9 Å². The van der Waals surface area contributed by atoms with Crippen LogP contribution in [0, 0.1) is 0 Å². The number of aliphatic imine (C=N–C) groups is 1. The zero-order valence-corrected chi connectivity index (χ0v) is 13.2. The van der Waals surface area contributed by atoms with Crippen molar-refractivity contribution in [2.24, 2.45) is 4.99 Å². The van der Waals surface area contributed by atoms with Gasteiger partial charge in [0.05, 0.1) is 26.0 Å². The number of hydrogen-bond acceptors (Lipinski definition) is 4. The van der Waals surface area contributed by atoms with Gasteiger partial charge in [0.1, 0.15) is 5.76 Å². The van der Waals surface area contributed by atoms with E-state index in [0.717, 1.165) is 29.2 Å². The van der Waals surface area contributed by atoms with Crippen LogP contribution in [0.1, 0.15) is 17.7 Å². The number of furan rings is 1. The SMILES string of the molecule is CN=C(NCc1ccco1)NCc1cccc2c1OCCCO2. The van der Waals surface area contributed by atoms with E-state index in [0.29, 0.717) is 32.3 Å². The molecule has 1 aromatic heterocycles. The lowest BCUT2D eigenvalue weighted by Crippen LogP contribution is -2.36. The summed E-state index contributed by atoms with van der Waals surface area (Å²) in [5, 5.41) is 6.49. The second-order valence-corrected chi connectivity index (χ2v) is 5.15. The Labute approximate surface area is 135 Å². The van der Waals surface area contributed by atoms with E-state index in [4.69, 9.17) is 13.9 Å². The van der Waals surface area contributed by atoms with Crippen LogP contribution in [0.2, 0.25) is 0 Å². The van der Waals surface area contributed by atoms with Gasteiger partial charge < -0.3 is 24.5 Å². The third-order valence-electron chi connectivity index (χ3n) is 3.53. The molecular weight excluding hydrogens is 294 g/mol. The molecule has 6 heteroatoms. The van der Waals surface area contributed by atoms with Crippen LogP contribution in [0.5, 0.6) is 11.5 Å². The molecule has 0 amide bonds. The summed E-state index contributed by atoms with van der Waals surface area (Å²) >= 11 is 0. The Morgan fingerprint density at radius 2 is 1.96 bits per heavy atom. The van der Waals surface area contributed by atoms with Gasteiger partial charge in [-0.15, -0.1) is 0 Å². The molecule has 0 aliphatic carbocycles. The molecule has 0 atom stereocenters. The van der Waals surface area contributed by atoms with E-state index in [9.17, 15) is 0 Å². The molecule has 0 radical (unpaired) electrons. The molecule has 0 fully saturated rings. The quantitative estimate of drug-likeness (QED) is 0.669. The molecule has 0 bridgehead atoms. The molecule has 0 saturated carbocycles. The molecule has 0 saturated heterocycles. The minimum Gasteiger partial charge on any atom is -0.490 e. The maximum absolute atomic E-state index is 5.82. The lowest BCUT2D eigenvalue weighted by Gasteiger charge is -2.15. The van der Waals surface area contributed by atoms with Crippen LogP contribution in [0.25, 0.3) is 0 Å². The van der Waals surface area contributed by atoms with Crippen molar-refractivity contribution in [2.75, 3.05) is 20.3 Å². The molecule has 1 aliphatic rings. The van der Waals surface area contributed by atoms with E-state index in [1.807, 2.05) is 30.3 Å². The van der Waals surface area contributed by atoms with Crippen LogP contribution in [0.3, 0.4) is 0 Å². The third-order valence-corrected chi connectivity index (χ3v) is 3.53.